The lowest BCUT2D eigenvalue weighted by Crippen LogP contribution is -2.29. The van der Waals surface area contributed by atoms with E-state index in [1.54, 1.807) is 11.0 Å². The summed E-state index contributed by atoms with van der Waals surface area (Å²) in [5.41, 5.74) is 1.95. The van der Waals surface area contributed by atoms with E-state index in [1.807, 2.05) is 26.0 Å². The molecule has 80 valence electrons. The van der Waals surface area contributed by atoms with Gasteiger partial charge in [0.2, 0.25) is 5.91 Å². The van der Waals surface area contributed by atoms with Crippen LogP contribution < -0.4 is 0 Å². The third kappa shape index (κ3) is 1.69. The second-order valence-corrected chi connectivity index (χ2v) is 4.26. The fourth-order valence-corrected chi connectivity index (χ4v) is 1.93. The maximum absolute atomic E-state index is 11.8. The van der Waals surface area contributed by atoms with Crippen LogP contribution in [0.2, 0.25) is 0 Å². The fourth-order valence-electron chi connectivity index (χ4n) is 1.93. The van der Waals surface area contributed by atoms with Crippen molar-refractivity contribution in [3.8, 4) is 5.75 Å². The highest BCUT2D eigenvalue weighted by Gasteiger charge is 2.26. The minimum atomic E-state index is 0.0152. The Balaban J connectivity index is 2.23. The van der Waals surface area contributed by atoms with Gasteiger partial charge in [0.05, 0.1) is 0 Å². The molecule has 0 aliphatic carbocycles. The van der Waals surface area contributed by atoms with E-state index in [0.29, 0.717) is 18.8 Å². The van der Waals surface area contributed by atoms with Gasteiger partial charge in [-0.15, -0.1) is 0 Å². The molecule has 0 unspecified atom stereocenters. The number of carbonyl (C=O) groups excluding carboxylic acids is 1. The van der Waals surface area contributed by atoms with Gasteiger partial charge in [0.25, 0.3) is 0 Å². The number of aromatic hydroxyl groups is 1. The highest BCUT2D eigenvalue weighted by atomic mass is 16.3. The number of hydrogen-bond donors (Lipinski definition) is 1. The molecule has 0 atom stereocenters. The van der Waals surface area contributed by atoms with E-state index in [0.717, 1.165) is 11.1 Å². The van der Waals surface area contributed by atoms with Gasteiger partial charge in [0, 0.05) is 24.6 Å². The van der Waals surface area contributed by atoms with Crippen molar-refractivity contribution in [3.63, 3.8) is 0 Å². The molecular weight excluding hydrogens is 190 g/mol. The number of nitrogens with zero attached hydrogens (tertiary/aromatic N) is 1. The van der Waals surface area contributed by atoms with Crippen molar-refractivity contribution in [2.75, 3.05) is 0 Å². The molecule has 15 heavy (non-hydrogen) atoms. The molecule has 0 saturated heterocycles. The quantitative estimate of drug-likeness (QED) is 0.760. The average molecular weight is 205 g/mol. The molecular formula is C12H15NO2. The molecule has 0 fully saturated rings. The highest BCUT2D eigenvalue weighted by molar-refractivity contribution is 5.79. The Morgan fingerprint density at radius 3 is 2.73 bits per heavy atom. The minimum absolute atomic E-state index is 0.0152. The zero-order valence-electron chi connectivity index (χ0n) is 9.03. The van der Waals surface area contributed by atoms with Crippen molar-refractivity contribution in [2.24, 2.45) is 5.92 Å². The van der Waals surface area contributed by atoms with E-state index < -0.39 is 0 Å². The molecule has 2 rings (SSSR count). The van der Waals surface area contributed by atoms with Crippen LogP contribution in [0, 0.1) is 5.92 Å². The largest absolute Gasteiger partial charge is 0.508 e. The van der Waals surface area contributed by atoms with Gasteiger partial charge >= 0.3 is 0 Å². The summed E-state index contributed by atoms with van der Waals surface area (Å²) in [6.07, 6.45) is 0. The van der Waals surface area contributed by atoms with E-state index >= 15 is 0 Å². The van der Waals surface area contributed by atoms with Gasteiger partial charge in [-0.05, 0) is 11.6 Å². The summed E-state index contributed by atoms with van der Waals surface area (Å²) >= 11 is 0. The highest BCUT2D eigenvalue weighted by Crippen LogP contribution is 2.30. The lowest BCUT2D eigenvalue weighted by Gasteiger charge is -2.17. The molecule has 1 aliphatic heterocycles. The molecule has 1 aliphatic rings. The number of carbonyl (C=O) groups is 1. The molecule has 3 heteroatoms. The van der Waals surface area contributed by atoms with Crippen molar-refractivity contribution in [3.05, 3.63) is 29.3 Å². The number of hydrogen-bond acceptors (Lipinski definition) is 2. The first-order valence-electron chi connectivity index (χ1n) is 5.18. The van der Waals surface area contributed by atoms with Crippen LogP contribution in [0.1, 0.15) is 25.0 Å². The number of fused-ring (bicyclic) bond motifs is 1. The number of benzene rings is 1. The molecule has 1 aromatic carbocycles. The van der Waals surface area contributed by atoms with E-state index in [4.69, 9.17) is 0 Å². The Bertz CT molecular complexity index is 399. The first kappa shape index (κ1) is 10.0. The third-order valence-electron chi connectivity index (χ3n) is 2.76. The van der Waals surface area contributed by atoms with E-state index in [2.05, 4.69) is 0 Å². The molecule has 0 saturated carbocycles. The molecule has 0 radical (unpaired) electrons. The van der Waals surface area contributed by atoms with Crippen LogP contribution in [0.25, 0.3) is 0 Å². The van der Waals surface area contributed by atoms with Crippen molar-refractivity contribution in [1.29, 1.82) is 0 Å². The van der Waals surface area contributed by atoms with Crippen LogP contribution >= 0.6 is 0 Å². The molecule has 3 nitrogen and oxygen atoms in total. The van der Waals surface area contributed by atoms with Crippen LogP contribution in [0.3, 0.4) is 0 Å². The van der Waals surface area contributed by atoms with Gasteiger partial charge < -0.3 is 10.0 Å². The molecule has 1 amide bonds. The zero-order valence-corrected chi connectivity index (χ0v) is 9.03. The Kier molecular flexibility index (Phi) is 2.39. The maximum atomic E-state index is 11.8. The molecule has 0 bridgehead atoms. The normalized spacial score (nSPS) is 14.5. The SMILES string of the molecule is CC(C)C(=O)N1Cc2cccc(O)c2C1. The van der Waals surface area contributed by atoms with Crippen LogP contribution in [-0.2, 0) is 17.9 Å². The monoisotopic (exact) mass is 205 g/mol. The molecule has 0 aromatic heterocycles. The average Bonchev–Trinajstić information content (AvgIpc) is 2.61. The smallest absolute Gasteiger partial charge is 0.225 e. The second kappa shape index (κ2) is 3.57. The zero-order chi connectivity index (χ0) is 11.0. The summed E-state index contributed by atoms with van der Waals surface area (Å²) in [6.45, 7) is 4.95. The predicted molar refractivity (Wildman–Crippen MR) is 57.2 cm³/mol. The minimum Gasteiger partial charge on any atom is -0.508 e. The van der Waals surface area contributed by atoms with Crippen LogP contribution in [-0.4, -0.2) is 15.9 Å². The van der Waals surface area contributed by atoms with E-state index in [-0.39, 0.29) is 11.8 Å². The fraction of sp³-hybridized carbons (Fsp3) is 0.417. The van der Waals surface area contributed by atoms with Crippen molar-refractivity contribution in [1.82, 2.24) is 4.90 Å². The number of phenolic OH excluding ortho intramolecular Hbond substituents is 1. The Morgan fingerprint density at radius 1 is 1.40 bits per heavy atom. The van der Waals surface area contributed by atoms with Gasteiger partial charge in [0.15, 0.2) is 0 Å². The van der Waals surface area contributed by atoms with Gasteiger partial charge in [-0.3, -0.25) is 4.79 Å². The lowest BCUT2D eigenvalue weighted by atomic mass is 10.1. The Morgan fingerprint density at radius 2 is 2.13 bits per heavy atom. The predicted octanol–water partition coefficient (Wildman–Crippen LogP) is 1.89. The van der Waals surface area contributed by atoms with Crippen molar-refractivity contribution < 1.29 is 9.90 Å². The van der Waals surface area contributed by atoms with E-state index in [1.165, 1.54) is 0 Å². The van der Waals surface area contributed by atoms with E-state index in [9.17, 15) is 9.90 Å². The molecule has 1 aromatic rings. The van der Waals surface area contributed by atoms with Gasteiger partial charge in [-0.1, -0.05) is 26.0 Å². The summed E-state index contributed by atoms with van der Waals surface area (Å²) in [6, 6.07) is 5.45. The first-order valence-corrected chi connectivity index (χ1v) is 5.18. The van der Waals surface area contributed by atoms with Crippen LogP contribution in [0.15, 0.2) is 18.2 Å². The lowest BCUT2D eigenvalue weighted by molar-refractivity contribution is -0.135. The van der Waals surface area contributed by atoms with Gasteiger partial charge in [0.1, 0.15) is 5.75 Å². The standard InChI is InChI=1S/C12H15NO2/c1-8(2)12(15)13-6-9-4-3-5-11(14)10(9)7-13/h3-5,8,14H,6-7H2,1-2H3. The van der Waals surface area contributed by atoms with Crippen molar-refractivity contribution in [2.45, 2.75) is 26.9 Å². The molecule has 1 heterocycles. The first-order chi connectivity index (χ1) is 7.09. The van der Waals surface area contributed by atoms with Crippen LogP contribution in [0.5, 0.6) is 5.75 Å². The summed E-state index contributed by atoms with van der Waals surface area (Å²) in [5, 5.41) is 9.63. The van der Waals surface area contributed by atoms with Gasteiger partial charge in [-0.2, -0.15) is 0 Å². The second-order valence-electron chi connectivity index (χ2n) is 4.26. The number of rotatable bonds is 1. The Hall–Kier alpha value is -1.51. The Labute approximate surface area is 89.3 Å². The molecule has 0 spiro atoms. The summed E-state index contributed by atoms with van der Waals surface area (Å²) in [4.78, 5) is 13.6. The number of phenols is 1. The van der Waals surface area contributed by atoms with Crippen molar-refractivity contribution >= 4 is 5.91 Å². The third-order valence-corrected chi connectivity index (χ3v) is 2.76. The summed E-state index contributed by atoms with van der Waals surface area (Å²) in [7, 11) is 0. The summed E-state index contributed by atoms with van der Waals surface area (Å²) < 4.78 is 0. The van der Waals surface area contributed by atoms with Gasteiger partial charge in [-0.25, -0.2) is 0 Å². The number of amides is 1. The van der Waals surface area contributed by atoms with Crippen LogP contribution in [0.4, 0.5) is 0 Å². The molecule has 1 N–H and O–H groups in total. The maximum Gasteiger partial charge on any atom is 0.225 e. The summed E-state index contributed by atoms with van der Waals surface area (Å²) in [5.74, 6) is 0.457. The topological polar surface area (TPSA) is 40.5 Å².